The maximum atomic E-state index is 9.86. The highest BCUT2D eigenvalue weighted by Crippen LogP contribution is 2.28. The van der Waals surface area contributed by atoms with Crippen LogP contribution < -0.4 is 0 Å². The van der Waals surface area contributed by atoms with E-state index in [1.165, 1.54) is 11.1 Å². The van der Waals surface area contributed by atoms with E-state index in [4.69, 9.17) is 0 Å². The van der Waals surface area contributed by atoms with Crippen molar-refractivity contribution >= 4 is 15.9 Å². The average molecular weight is 304 g/mol. The summed E-state index contributed by atoms with van der Waals surface area (Å²) in [6.07, 6.45) is 0. The Hall–Kier alpha value is -1.32. The molecule has 18 heavy (non-hydrogen) atoms. The molecule has 0 aromatic heterocycles. The van der Waals surface area contributed by atoms with Gasteiger partial charge in [-0.05, 0) is 29.3 Å². The molecule has 0 spiro atoms. The minimum absolute atomic E-state index is 0.370. The van der Waals surface area contributed by atoms with E-state index in [1.807, 2.05) is 12.1 Å². The smallest absolute Gasteiger partial charge is 0.120 e. The van der Waals surface area contributed by atoms with Crippen LogP contribution in [0.2, 0.25) is 0 Å². The van der Waals surface area contributed by atoms with Crippen LogP contribution in [0.3, 0.4) is 0 Å². The zero-order chi connectivity index (χ0) is 12.5. The molecule has 3 heteroatoms. The number of nitrogens with zero attached hydrogens (tertiary/aromatic N) is 1. The second-order valence-electron chi connectivity index (χ2n) is 4.69. The third-order valence-electron chi connectivity index (χ3n) is 3.34. The van der Waals surface area contributed by atoms with E-state index in [1.54, 1.807) is 6.07 Å². The van der Waals surface area contributed by atoms with Crippen molar-refractivity contribution < 1.29 is 5.11 Å². The number of benzene rings is 2. The molecule has 1 aliphatic rings. The molecule has 1 heterocycles. The number of halogens is 1. The van der Waals surface area contributed by atoms with Crippen molar-refractivity contribution in [3.8, 4) is 5.75 Å². The number of rotatable bonds is 2. The maximum Gasteiger partial charge on any atom is 0.120 e. The van der Waals surface area contributed by atoms with E-state index in [2.05, 4.69) is 45.1 Å². The quantitative estimate of drug-likeness (QED) is 0.915. The molecule has 3 rings (SSSR count). The van der Waals surface area contributed by atoms with Crippen LogP contribution in [0.1, 0.15) is 16.7 Å². The molecule has 2 aromatic carbocycles. The lowest BCUT2D eigenvalue weighted by Crippen LogP contribution is -2.15. The van der Waals surface area contributed by atoms with Gasteiger partial charge in [-0.25, -0.2) is 0 Å². The predicted molar refractivity (Wildman–Crippen MR) is 75.2 cm³/mol. The van der Waals surface area contributed by atoms with Crippen LogP contribution in [-0.2, 0) is 19.6 Å². The zero-order valence-electron chi connectivity index (χ0n) is 9.94. The summed E-state index contributed by atoms with van der Waals surface area (Å²) in [6.45, 7) is 2.70. The lowest BCUT2D eigenvalue weighted by atomic mass is 10.1. The first-order chi connectivity index (χ1) is 8.72. The van der Waals surface area contributed by atoms with Gasteiger partial charge < -0.3 is 5.11 Å². The molecule has 0 aliphatic carbocycles. The van der Waals surface area contributed by atoms with Gasteiger partial charge in [0.1, 0.15) is 5.75 Å². The summed E-state index contributed by atoms with van der Waals surface area (Å²) in [4.78, 5) is 2.34. The Morgan fingerprint density at radius 1 is 1.06 bits per heavy atom. The lowest BCUT2D eigenvalue weighted by molar-refractivity contribution is 0.271. The molecule has 0 bridgehead atoms. The minimum atomic E-state index is 0.370. The van der Waals surface area contributed by atoms with Crippen molar-refractivity contribution in [3.05, 3.63) is 63.6 Å². The highest BCUT2D eigenvalue weighted by atomic mass is 79.9. The van der Waals surface area contributed by atoms with Crippen LogP contribution in [-0.4, -0.2) is 10.0 Å². The fourth-order valence-electron chi connectivity index (χ4n) is 2.44. The molecule has 2 aromatic rings. The molecular weight excluding hydrogens is 290 g/mol. The van der Waals surface area contributed by atoms with Crippen LogP contribution in [0.4, 0.5) is 0 Å². The van der Waals surface area contributed by atoms with Crippen molar-refractivity contribution in [2.75, 3.05) is 0 Å². The maximum absolute atomic E-state index is 9.86. The van der Waals surface area contributed by atoms with E-state index in [-0.39, 0.29) is 0 Å². The Kier molecular flexibility index (Phi) is 3.10. The van der Waals surface area contributed by atoms with Crippen LogP contribution in [0.15, 0.2) is 46.9 Å². The highest BCUT2D eigenvalue weighted by Gasteiger charge is 2.19. The zero-order valence-corrected chi connectivity index (χ0v) is 11.5. The largest absolute Gasteiger partial charge is 0.508 e. The molecule has 2 nitrogen and oxygen atoms in total. The average Bonchev–Trinajstić information content (AvgIpc) is 2.76. The fourth-order valence-corrected chi connectivity index (χ4v) is 2.85. The molecule has 0 amide bonds. The van der Waals surface area contributed by atoms with Gasteiger partial charge in [-0.15, -0.1) is 0 Å². The molecule has 0 unspecified atom stereocenters. The summed E-state index contributed by atoms with van der Waals surface area (Å²) in [6, 6.07) is 14.1. The Labute approximate surface area is 115 Å². The summed E-state index contributed by atoms with van der Waals surface area (Å²) >= 11 is 3.44. The SMILES string of the molecule is Oc1ccc(Br)cc1CN1Cc2ccccc2C1. The second kappa shape index (κ2) is 4.75. The molecule has 92 valence electrons. The van der Waals surface area contributed by atoms with Gasteiger partial charge in [-0.3, -0.25) is 4.90 Å². The fraction of sp³-hybridized carbons (Fsp3) is 0.200. The first kappa shape index (κ1) is 11.8. The van der Waals surface area contributed by atoms with Gasteiger partial charge in [0, 0.05) is 29.7 Å². The Balaban J connectivity index is 1.78. The first-order valence-electron chi connectivity index (χ1n) is 5.99. The molecule has 0 saturated heterocycles. The molecule has 0 fully saturated rings. The van der Waals surface area contributed by atoms with Gasteiger partial charge in [-0.1, -0.05) is 40.2 Å². The van der Waals surface area contributed by atoms with Gasteiger partial charge in [0.05, 0.1) is 0 Å². The molecule has 0 radical (unpaired) electrons. The van der Waals surface area contributed by atoms with Crippen molar-refractivity contribution in [1.82, 2.24) is 4.90 Å². The summed E-state index contributed by atoms with van der Waals surface area (Å²) in [5, 5.41) is 9.86. The number of phenols is 1. The van der Waals surface area contributed by atoms with E-state index in [9.17, 15) is 5.11 Å². The summed E-state index contributed by atoms with van der Waals surface area (Å²) in [7, 11) is 0. The van der Waals surface area contributed by atoms with Gasteiger partial charge >= 0.3 is 0 Å². The van der Waals surface area contributed by atoms with Gasteiger partial charge in [-0.2, -0.15) is 0 Å². The monoisotopic (exact) mass is 303 g/mol. The third kappa shape index (κ3) is 2.28. The van der Waals surface area contributed by atoms with Crippen LogP contribution >= 0.6 is 15.9 Å². The number of hydrogen-bond acceptors (Lipinski definition) is 2. The Morgan fingerprint density at radius 2 is 1.72 bits per heavy atom. The lowest BCUT2D eigenvalue weighted by Gasteiger charge is -2.15. The standard InChI is InChI=1S/C15H14BrNO/c16-14-5-6-15(18)13(7-14)10-17-8-11-3-1-2-4-12(11)9-17/h1-7,18H,8-10H2. The normalized spacial score (nSPS) is 14.7. The van der Waals surface area contributed by atoms with Gasteiger partial charge in [0.15, 0.2) is 0 Å². The summed E-state index contributed by atoms with van der Waals surface area (Å²) in [5.74, 6) is 0.370. The second-order valence-corrected chi connectivity index (χ2v) is 5.60. The van der Waals surface area contributed by atoms with Gasteiger partial charge in [0.25, 0.3) is 0 Å². The predicted octanol–water partition coefficient (Wildman–Crippen LogP) is 3.67. The summed E-state index contributed by atoms with van der Waals surface area (Å²) in [5.41, 5.74) is 3.76. The number of fused-ring (bicyclic) bond motifs is 1. The molecule has 0 atom stereocenters. The Bertz CT molecular complexity index is 557. The van der Waals surface area contributed by atoms with Gasteiger partial charge in [0.2, 0.25) is 0 Å². The molecule has 1 N–H and O–H groups in total. The highest BCUT2D eigenvalue weighted by molar-refractivity contribution is 9.10. The Morgan fingerprint density at radius 3 is 2.39 bits per heavy atom. The van der Waals surface area contributed by atoms with E-state index >= 15 is 0 Å². The van der Waals surface area contributed by atoms with E-state index in [0.29, 0.717) is 5.75 Å². The van der Waals surface area contributed by atoms with Crippen LogP contribution in [0, 0.1) is 0 Å². The first-order valence-corrected chi connectivity index (χ1v) is 6.78. The number of phenolic OH excluding ortho intramolecular Hbond substituents is 1. The van der Waals surface area contributed by atoms with Crippen LogP contribution in [0.25, 0.3) is 0 Å². The topological polar surface area (TPSA) is 23.5 Å². The third-order valence-corrected chi connectivity index (χ3v) is 3.84. The van der Waals surface area contributed by atoms with Crippen molar-refractivity contribution in [1.29, 1.82) is 0 Å². The minimum Gasteiger partial charge on any atom is -0.508 e. The summed E-state index contributed by atoms with van der Waals surface area (Å²) < 4.78 is 1.01. The number of hydrogen-bond donors (Lipinski definition) is 1. The van der Waals surface area contributed by atoms with Crippen molar-refractivity contribution in [2.45, 2.75) is 19.6 Å². The number of aromatic hydroxyl groups is 1. The van der Waals surface area contributed by atoms with Crippen molar-refractivity contribution in [3.63, 3.8) is 0 Å². The van der Waals surface area contributed by atoms with Crippen molar-refractivity contribution in [2.24, 2.45) is 0 Å². The molecule has 0 saturated carbocycles. The molecule has 1 aliphatic heterocycles. The van der Waals surface area contributed by atoms with Crippen LogP contribution in [0.5, 0.6) is 5.75 Å². The molecular formula is C15H14BrNO. The van der Waals surface area contributed by atoms with E-state index < -0.39 is 0 Å². The van der Waals surface area contributed by atoms with E-state index in [0.717, 1.165) is 29.7 Å².